The number of benzene rings is 2. The third-order valence-corrected chi connectivity index (χ3v) is 5.69. The summed E-state index contributed by atoms with van der Waals surface area (Å²) in [6.45, 7) is 0.474. The van der Waals surface area contributed by atoms with Crippen LogP contribution in [0.4, 0.5) is 0 Å². The quantitative estimate of drug-likeness (QED) is 0.582. The van der Waals surface area contributed by atoms with Crippen LogP contribution in [0.15, 0.2) is 59.8 Å². The first-order chi connectivity index (χ1) is 14.4. The van der Waals surface area contributed by atoms with Crippen LogP contribution in [0.1, 0.15) is 15.9 Å². The predicted octanol–water partition coefficient (Wildman–Crippen LogP) is 2.08. The van der Waals surface area contributed by atoms with Gasteiger partial charge < -0.3 is 14.2 Å². The summed E-state index contributed by atoms with van der Waals surface area (Å²) in [4.78, 5) is 12.5. The molecule has 0 aliphatic rings. The zero-order chi connectivity index (χ0) is 21.7. The van der Waals surface area contributed by atoms with Gasteiger partial charge in [0.2, 0.25) is 0 Å². The molecule has 0 radical (unpaired) electrons. The van der Waals surface area contributed by atoms with E-state index in [-0.39, 0.29) is 27.7 Å². The number of amides is 1. The molecule has 0 atom stereocenters. The highest BCUT2D eigenvalue weighted by molar-refractivity contribution is 7.90. The van der Waals surface area contributed by atoms with Gasteiger partial charge >= 0.3 is 0 Å². The summed E-state index contributed by atoms with van der Waals surface area (Å²) >= 11 is 0. The molecule has 0 fully saturated rings. The Bertz CT molecular complexity index is 1120. The molecule has 1 amide bonds. The van der Waals surface area contributed by atoms with Crippen LogP contribution in [0.25, 0.3) is 0 Å². The molecule has 0 bridgehead atoms. The van der Waals surface area contributed by atoms with Gasteiger partial charge in [-0.25, -0.2) is 13.1 Å². The number of carbonyl (C=O) groups excluding carboxylic acids is 1. The van der Waals surface area contributed by atoms with Crippen molar-refractivity contribution in [2.24, 2.45) is 0 Å². The number of nitrogens with one attached hydrogen (secondary N) is 1. The number of sulfonamides is 1. The van der Waals surface area contributed by atoms with Crippen molar-refractivity contribution >= 4 is 15.9 Å². The van der Waals surface area contributed by atoms with Crippen LogP contribution < -0.4 is 18.9 Å². The van der Waals surface area contributed by atoms with Crippen molar-refractivity contribution in [1.29, 1.82) is 0 Å². The standard InChI is InChI=1S/C20H21N3O6S/c1-27-16-6-4-7-17(28-2)19(16)30(25,26)22-20(24)15-9-8-14(12-18(15)29-3)13-23-11-5-10-21-23/h4-12H,13H2,1-3H3,(H,22,24). The van der Waals surface area contributed by atoms with Crippen LogP contribution in [0, 0.1) is 0 Å². The van der Waals surface area contributed by atoms with E-state index in [1.165, 1.54) is 39.5 Å². The lowest BCUT2D eigenvalue weighted by atomic mass is 10.1. The number of nitrogens with zero attached hydrogens (tertiary/aromatic N) is 2. The lowest BCUT2D eigenvalue weighted by Gasteiger charge is -2.15. The molecule has 0 unspecified atom stereocenters. The first-order valence-electron chi connectivity index (χ1n) is 8.82. The predicted molar refractivity (Wildman–Crippen MR) is 109 cm³/mol. The van der Waals surface area contributed by atoms with Crippen LogP contribution in [-0.2, 0) is 16.6 Å². The lowest BCUT2D eigenvalue weighted by molar-refractivity contribution is 0.0978. The second kappa shape index (κ2) is 8.87. The van der Waals surface area contributed by atoms with Gasteiger partial charge in [-0.2, -0.15) is 5.10 Å². The zero-order valence-corrected chi connectivity index (χ0v) is 17.5. The molecule has 0 aliphatic heterocycles. The molecule has 0 saturated carbocycles. The van der Waals surface area contributed by atoms with E-state index in [0.717, 1.165) is 5.56 Å². The zero-order valence-electron chi connectivity index (χ0n) is 16.7. The third kappa shape index (κ3) is 4.38. The van der Waals surface area contributed by atoms with Gasteiger partial charge in [-0.3, -0.25) is 9.48 Å². The van der Waals surface area contributed by atoms with Gasteiger partial charge in [0.25, 0.3) is 15.9 Å². The Balaban J connectivity index is 1.90. The minimum Gasteiger partial charge on any atom is -0.496 e. The molecule has 1 heterocycles. The van der Waals surface area contributed by atoms with Crippen molar-refractivity contribution in [2.75, 3.05) is 21.3 Å². The van der Waals surface area contributed by atoms with Crippen molar-refractivity contribution in [2.45, 2.75) is 11.4 Å². The normalized spacial score (nSPS) is 11.0. The summed E-state index contributed by atoms with van der Waals surface area (Å²) < 4.78 is 45.1. The molecule has 9 nitrogen and oxygen atoms in total. The first-order valence-corrected chi connectivity index (χ1v) is 10.3. The van der Waals surface area contributed by atoms with E-state index in [1.54, 1.807) is 41.3 Å². The molecule has 30 heavy (non-hydrogen) atoms. The van der Waals surface area contributed by atoms with E-state index in [0.29, 0.717) is 6.54 Å². The molecule has 1 aromatic heterocycles. The fourth-order valence-electron chi connectivity index (χ4n) is 2.91. The highest BCUT2D eigenvalue weighted by atomic mass is 32.2. The number of carbonyl (C=O) groups is 1. The average molecular weight is 431 g/mol. The fraction of sp³-hybridized carbons (Fsp3) is 0.200. The maximum absolute atomic E-state index is 12.9. The molecule has 0 aliphatic carbocycles. The number of hydrogen-bond acceptors (Lipinski definition) is 7. The highest BCUT2D eigenvalue weighted by Crippen LogP contribution is 2.33. The van der Waals surface area contributed by atoms with E-state index in [1.807, 2.05) is 0 Å². The maximum Gasteiger partial charge on any atom is 0.271 e. The third-order valence-electron chi connectivity index (χ3n) is 4.29. The van der Waals surface area contributed by atoms with Crippen molar-refractivity contribution in [1.82, 2.24) is 14.5 Å². The van der Waals surface area contributed by atoms with E-state index in [2.05, 4.69) is 9.82 Å². The molecule has 2 aromatic carbocycles. The second-order valence-electron chi connectivity index (χ2n) is 6.16. The topological polar surface area (TPSA) is 109 Å². The minimum absolute atomic E-state index is 0.0520. The molecule has 0 spiro atoms. The SMILES string of the molecule is COc1cc(Cn2cccn2)ccc1C(=O)NS(=O)(=O)c1c(OC)cccc1OC. The monoisotopic (exact) mass is 431 g/mol. The Labute approximate surface area is 174 Å². The Morgan fingerprint density at radius 3 is 2.23 bits per heavy atom. The highest BCUT2D eigenvalue weighted by Gasteiger charge is 2.28. The van der Waals surface area contributed by atoms with Gasteiger partial charge in [0, 0.05) is 12.4 Å². The van der Waals surface area contributed by atoms with Gasteiger partial charge in [-0.15, -0.1) is 0 Å². The summed E-state index contributed by atoms with van der Waals surface area (Å²) in [6, 6.07) is 11.2. The van der Waals surface area contributed by atoms with Crippen LogP contribution >= 0.6 is 0 Å². The van der Waals surface area contributed by atoms with Gasteiger partial charge in [0.1, 0.15) is 17.2 Å². The summed E-state index contributed by atoms with van der Waals surface area (Å²) in [5.74, 6) is -0.503. The van der Waals surface area contributed by atoms with Crippen LogP contribution in [0.2, 0.25) is 0 Å². The Morgan fingerprint density at radius 1 is 1.00 bits per heavy atom. The van der Waals surface area contributed by atoms with Crippen molar-refractivity contribution < 1.29 is 27.4 Å². The second-order valence-corrected chi connectivity index (χ2v) is 7.78. The summed E-state index contributed by atoms with van der Waals surface area (Å²) in [7, 11) is -0.224. The number of hydrogen-bond donors (Lipinski definition) is 1. The van der Waals surface area contributed by atoms with Crippen LogP contribution in [-0.4, -0.2) is 45.4 Å². The van der Waals surface area contributed by atoms with E-state index in [4.69, 9.17) is 14.2 Å². The lowest BCUT2D eigenvalue weighted by Crippen LogP contribution is -2.31. The van der Waals surface area contributed by atoms with Gasteiger partial charge in [-0.1, -0.05) is 12.1 Å². The molecule has 1 N–H and O–H groups in total. The van der Waals surface area contributed by atoms with Gasteiger partial charge in [0.15, 0.2) is 4.90 Å². The van der Waals surface area contributed by atoms with Crippen LogP contribution in [0.5, 0.6) is 17.2 Å². The molecule has 158 valence electrons. The number of methoxy groups -OCH3 is 3. The smallest absolute Gasteiger partial charge is 0.271 e. The van der Waals surface area contributed by atoms with Crippen molar-refractivity contribution in [3.8, 4) is 17.2 Å². The van der Waals surface area contributed by atoms with Gasteiger partial charge in [-0.05, 0) is 35.9 Å². The molecule has 3 aromatic rings. The summed E-state index contributed by atoms with van der Waals surface area (Å²) in [5.41, 5.74) is 0.903. The molecule has 3 rings (SSSR count). The summed E-state index contributed by atoms with van der Waals surface area (Å²) in [5, 5.41) is 4.13. The summed E-state index contributed by atoms with van der Waals surface area (Å²) in [6.07, 6.45) is 3.47. The Hall–Kier alpha value is -3.53. The van der Waals surface area contributed by atoms with Crippen LogP contribution in [0.3, 0.4) is 0 Å². The van der Waals surface area contributed by atoms with E-state index < -0.39 is 15.9 Å². The first kappa shape index (κ1) is 21.2. The van der Waals surface area contributed by atoms with E-state index >= 15 is 0 Å². The maximum atomic E-state index is 12.9. The average Bonchev–Trinajstić information content (AvgIpc) is 3.25. The Morgan fingerprint density at radius 2 is 1.67 bits per heavy atom. The van der Waals surface area contributed by atoms with Gasteiger partial charge in [0.05, 0.1) is 33.4 Å². The fourth-order valence-corrected chi connectivity index (χ4v) is 4.20. The molecular formula is C20H21N3O6S. The molecule has 0 saturated heterocycles. The minimum atomic E-state index is -4.29. The number of rotatable bonds is 8. The van der Waals surface area contributed by atoms with Crippen molar-refractivity contribution in [3.63, 3.8) is 0 Å². The van der Waals surface area contributed by atoms with Crippen molar-refractivity contribution in [3.05, 3.63) is 66.0 Å². The van der Waals surface area contributed by atoms with E-state index in [9.17, 15) is 13.2 Å². The Kier molecular flexibility index (Phi) is 6.26. The number of ether oxygens (including phenoxy) is 3. The number of aromatic nitrogens is 2. The largest absolute Gasteiger partial charge is 0.496 e. The molecule has 10 heteroatoms. The molecular weight excluding hydrogens is 410 g/mol.